The summed E-state index contributed by atoms with van der Waals surface area (Å²) in [5, 5.41) is 13.1. The zero-order chi connectivity index (χ0) is 18.0. The van der Waals surface area contributed by atoms with Gasteiger partial charge >= 0.3 is 12.0 Å². The molecule has 2 N–H and O–H groups in total. The number of halogens is 2. The lowest BCUT2D eigenvalue weighted by molar-refractivity contribution is -0.141. The van der Waals surface area contributed by atoms with Crippen LogP contribution in [0.1, 0.15) is 12.8 Å². The third-order valence-electron chi connectivity index (χ3n) is 4.16. The van der Waals surface area contributed by atoms with Crippen LogP contribution in [0.5, 0.6) is 0 Å². The van der Waals surface area contributed by atoms with E-state index in [-0.39, 0.29) is 0 Å². The third kappa shape index (κ3) is 3.89. The molecule has 0 radical (unpaired) electrons. The number of likely N-dealkylation sites (tertiary alicyclic amines) is 1. The second-order valence-corrected chi connectivity index (χ2v) is 6.69. The van der Waals surface area contributed by atoms with Crippen molar-refractivity contribution in [3.63, 3.8) is 0 Å². The summed E-state index contributed by atoms with van der Waals surface area (Å²) in [7, 11) is 0. The second-order valence-electron chi connectivity index (χ2n) is 5.82. The number of benzene rings is 2. The molecule has 5 nitrogen and oxygen atoms in total. The number of rotatable bonds is 3. The van der Waals surface area contributed by atoms with E-state index in [1.165, 1.54) is 4.90 Å². The van der Waals surface area contributed by atoms with Crippen LogP contribution in [-0.4, -0.2) is 34.6 Å². The zero-order valence-corrected chi connectivity index (χ0v) is 14.7. The van der Waals surface area contributed by atoms with Gasteiger partial charge in [-0.15, -0.1) is 0 Å². The Kier molecular flexibility index (Phi) is 5.16. The third-order valence-corrected chi connectivity index (χ3v) is 4.63. The van der Waals surface area contributed by atoms with Crippen LogP contribution in [0.4, 0.5) is 10.5 Å². The number of aliphatic carboxylic acids is 1. The van der Waals surface area contributed by atoms with Gasteiger partial charge in [-0.05, 0) is 42.7 Å². The first-order valence-corrected chi connectivity index (χ1v) is 8.57. The van der Waals surface area contributed by atoms with Crippen molar-refractivity contribution in [1.29, 1.82) is 0 Å². The van der Waals surface area contributed by atoms with Gasteiger partial charge in [0.05, 0.1) is 5.69 Å². The summed E-state index contributed by atoms with van der Waals surface area (Å²) in [5.74, 6) is -0.992. The lowest BCUT2D eigenvalue weighted by Crippen LogP contribution is -2.42. The van der Waals surface area contributed by atoms with E-state index >= 15 is 0 Å². The molecule has 2 aromatic carbocycles. The highest BCUT2D eigenvalue weighted by atomic mass is 35.5. The van der Waals surface area contributed by atoms with Crippen molar-refractivity contribution >= 4 is 40.9 Å². The van der Waals surface area contributed by atoms with Gasteiger partial charge in [0.2, 0.25) is 0 Å². The Morgan fingerprint density at radius 2 is 1.88 bits per heavy atom. The zero-order valence-electron chi connectivity index (χ0n) is 13.2. The van der Waals surface area contributed by atoms with Crippen LogP contribution in [0.3, 0.4) is 0 Å². The Balaban J connectivity index is 1.91. The van der Waals surface area contributed by atoms with Crippen molar-refractivity contribution in [2.24, 2.45) is 0 Å². The molecule has 0 aromatic heterocycles. The number of hydrogen-bond donors (Lipinski definition) is 2. The Morgan fingerprint density at radius 1 is 1.12 bits per heavy atom. The van der Waals surface area contributed by atoms with Crippen molar-refractivity contribution in [1.82, 2.24) is 4.90 Å². The molecule has 1 saturated heterocycles. The molecule has 25 heavy (non-hydrogen) atoms. The van der Waals surface area contributed by atoms with E-state index in [9.17, 15) is 14.7 Å². The molecular weight excluding hydrogens is 363 g/mol. The van der Waals surface area contributed by atoms with Crippen LogP contribution in [0.25, 0.3) is 11.1 Å². The van der Waals surface area contributed by atoms with Crippen LogP contribution in [0.15, 0.2) is 42.5 Å². The Morgan fingerprint density at radius 3 is 2.60 bits per heavy atom. The summed E-state index contributed by atoms with van der Waals surface area (Å²) < 4.78 is 0. The van der Waals surface area contributed by atoms with Crippen LogP contribution >= 0.6 is 23.2 Å². The van der Waals surface area contributed by atoms with Crippen LogP contribution < -0.4 is 5.32 Å². The predicted octanol–water partition coefficient (Wildman–Crippen LogP) is 4.74. The highest BCUT2D eigenvalue weighted by Crippen LogP contribution is 2.32. The lowest BCUT2D eigenvalue weighted by atomic mass is 10.0. The fraction of sp³-hybridized carbons (Fsp3) is 0.222. The molecule has 1 unspecified atom stereocenters. The Labute approximate surface area is 155 Å². The van der Waals surface area contributed by atoms with Crippen molar-refractivity contribution < 1.29 is 14.7 Å². The molecule has 0 saturated carbocycles. The maximum absolute atomic E-state index is 12.6. The molecular formula is C18H16Cl2N2O3. The minimum Gasteiger partial charge on any atom is -0.480 e. The van der Waals surface area contributed by atoms with Gasteiger partial charge in [0.25, 0.3) is 0 Å². The smallest absolute Gasteiger partial charge is 0.326 e. The Bertz CT molecular complexity index is 826. The number of carbonyl (C=O) groups is 2. The topological polar surface area (TPSA) is 69.6 Å². The number of carbonyl (C=O) groups excluding carboxylic acids is 1. The average Bonchev–Trinajstić information content (AvgIpc) is 3.05. The molecule has 3 rings (SSSR count). The molecule has 0 aliphatic carbocycles. The molecule has 1 aliphatic heterocycles. The quantitative estimate of drug-likeness (QED) is 0.809. The first-order valence-electron chi connectivity index (χ1n) is 7.81. The Hall–Kier alpha value is -2.24. The summed E-state index contributed by atoms with van der Waals surface area (Å²) in [5.41, 5.74) is 2.10. The van der Waals surface area contributed by atoms with E-state index in [0.717, 1.165) is 11.1 Å². The van der Waals surface area contributed by atoms with Gasteiger partial charge in [0, 0.05) is 22.2 Å². The molecule has 1 fully saturated rings. The van der Waals surface area contributed by atoms with Gasteiger partial charge < -0.3 is 15.3 Å². The molecule has 1 atom stereocenters. The summed E-state index contributed by atoms with van der Waals surface area (Å²) in [6.07, 6.45) is 1.13. The first kappa shape index (κ1) is 17.6. The van der Waals surface area contributed by atoms with E-state index in [4.69, 9.17) is 23.2 Å². The van der Waals surface area contributed by atoms with Crippen molar-refractivity contribution in [2.75, 3.05) is 11.9 Å². The fourth-order valence-electron chi connectivity index (χ4n) is 2.98. The normalized spacial score (nSPS) is 16.7. The van der Waals surface area contributed by atoms with Gasteiger partial charge in [0.1, 0.15) is 6.04 Å². The maximum atomic E-state index is 12.6. The first-order chi connectivity index (χ1) is 12.0. The number of amides is 2. The van der Waals surface area contributed by atoms with Crippen LogP contribution in [0.2, 0.25) is 10.0 Å². The lowest BCUT2D eigenvalue weighted by Gasteiger charge is -2.23. The van der Waals surface area contributed by atoms with E-state index in [1.54, 1.807) is 30.3 Å². The van der Waals surface area contributed by atoms with E-state index < -0.39 is 18.0 Å². The average molecular weight is 379 g/mol. The van der Waals surface area contributed by atoms with Gasteiger partial charge in [-0.3, -0.25) is 0 Å². The number of carboxylic acid groups (broad SMARTS) is 1. The van der Waals surface area contributed by atoms with Crippen molar-refractivity contribution in [2.45, 2.75) is 18.9 Å². The number of hydrogen-bond acceptors (Lipinski definition) is 2. The van der Waals surface area contributed by atoms with E-state index in [0.29, 0.717) is 35.1 Å². The summed E-state index contributed by atoms with van der Waals surface area (Å²) in [6.45, 7) is 0.413. The molecule has 0 bridgehead atoms. The fourth-order valence-corrected chi connectivity index (χ4v) is 3.34. The predicted molar refractivity (Wildman–Crippen MR) is 98.3 cm³/mol. The number of nitrogens with zero attached hydrogens (tertiary/aromatic N) is 1. The van der Waals surface area contributed by atoms with Crippen molar-refractivity contribution in [3.8, 4) is 11.1 Å². The summed E-state index contributed by atoms with van der Waals surface area (Å²) >= 11 is 12.1. The number of carboxylic acids is 1. The number of anilines is 1. The minimum atomic E-state index is -0.992. The molecule has 0 spiro atoms. The monoisotopic (exact) mass is 378 g/mol. The molecule has 1 heterocycles. The molecule has 2 aromatic rings. The van der Waals surface area contributed by atoms with Gasteiger partial charge in [-0.1, -0.05) is 41.4 Å². The largest absolute Gasteiger partial charge is 0.480 e. The number of nitrogens with one attached hydrogen (secondary N) is 1. The summed E-state index contributed by atoms with van der Waals surface area (Å²) in [4.78, 5) is 25.2. The second kappa shape index (κ2) is 7.33. The van der Waals surface area contributed by atoms with Crippen LogP contribution in [0, 0.1) is 0 Å². The number of urea groups is 1. The standard InChI is InChI=1S/C18H16Cl2N2O3/c19-12-4-1-3-11(9-12)14-7-6-13(20)10-15(14)21-18(25)22-8-2-5-16(22)17(23)24/h1,3-4,6-7,9-10,16H,2,5,8H2,(H,21,25)(H,23,24). The SMILES string of the molecule is O=C(O)C1CCCN1C(=O)Nc1cc(Cl)ccc1-c1cccc(Cl)c1. The maximum Gasteiger partial charge on any atom is 0.326 e. The summed E-state index contributed by atoms with van der Waals surface area (Å²) in [6, 6.07) is 11.2. The van der Waals surface area contributed by atoms with Crippen LogP contribution in [-0.2, 0) is 4.79 Å². The minimum absolute atomic E-state index is 0.413. The molecule has 2 amide bonds. The van der Waals surface area contributed by atoms with E-state index in [2.05, 4.69) is 5.32 Å². The highest BCUT2D eigenvalue weighted by Gasteiger charge is 2.34. The molecule has 1 aliphatic rings. The van der Waals surface area contributed by atoms with Gasteiger partial charge in [-0.25, -0.2) is 9.59 Å². The molecule has 7 heteroatoms. The highest BCUT2D eigenvalue weighted by molar-refractivity contribution is 6.31. The van der Waals surface area contributed by atoms with Crippen molar-refractivity contribution in [3.05, 3.63) is 52.5 Å². The molecule has 130 valence electrons. The van der Waals surface area contributed by atoms with E-state index in [1.807, 2.05) is 12.1 Å². The van der Waals surface area contributed by atoms with Gasteiger partial charge in [0.15, 0.2) is 0 Å². The van der Waals surface area contributed by atoms with Gasteiger partial charge in [-0.2, -0.15) is 0 Å².